The molecule has 0 aromatic rings. The van der Waals surface area contributed by atoms with Gasteiger partial charge >= 0.3 is 0 Å². The monoisotopic (exact) mass is 260 g/mol. The minimum Gasteiger partial charge on any atom is -0.285 e. The highest BCUT2D eigenvalue weighted by molar-refractivity contribution is 7.88. The Bertz CT molecular complexity index is 386. The molecular formula is C7H16O6S2. The van der Waals surface area contributed by atoms with Crippen molar-refractivity contribution in [1.29, 1.82) is 0 Å². The van der Waals surface area contributed by atoms with Crippen molar-refractivity contribution in [3.63, 3.8) is 0 Å². The number of hydrogen-bond acceptors (Lipinski definition) is 4. The van der Waals surface area contributed by atoms with Gasteiger partial charge < -0.3 is 0 Å². The van der Waals surface area contributed by atoms with Crippen LogP contribution in [-0.2, 0) is 20.2 Å². The molecule has 0 fully saturated rings. The first-order valence-corrected chi connectivity index (χ1v) is 7.03. The van der Waals surface area contributed by atoms with Gasteiger partial charge in [-0.1, -0.05) is 0 Å². The summed E-state index contributed by atoms with van der Waals surface area (Å²) in [6.07, 6.45) is -0.405. The van der Waals surface area contributed by atoms with Gasteiger partial charge in [-0.2, -0.15) is 16.8 Å². The summed E-state index contributed by atoms with van der Waals surface area (Å²) in [5.41, 5.74) is 0. The standard InChI is InChI=1S/C7H16O6S2/c1-6(2,14(8,9)10)5-7(3,4)15(11,12)13/h5H2,1-4H3,(H,8,9,10)(H,11,12,13). The van der Waals surface area contributed by atoms with E-state index in [1.54, 1.807) is 0 Å². The lowest BCUT2D eigenvalue weighted by Crippen LogP contribution is -2.43. The van der Waals surface area contributed by atoms with Gasteiger partial charge in [0.1, 0.15) is 0 Å². The Kier molecular flexibility index (Phi) is 3.64. The van der Waals surface area contributed by atoms with Crippen LogP contribution in [0.5, 0.6) is 0 Å². The van der Waals surface area contributed by atoms with E-state index in [0.29, 0.717) is 0 Å². The van der Waals surface area contributed by atoms with Gasteiger partial charge in [0.2, 0.25) is 0 Å². The molecule has 0 aliphatic rings. The van der Waals surface area contributed by atoms with Gasteiger partial charge in [0.15, 0.2) is 0 Å². The lowest BCUT2D eigenvalue weighted by molar-refractivity contribution is 0.385. The molecule has 0 atom stereocenters. The minimum absolute atomic E-state index is 0.405. The second-order valence-electron chi connectivity index (χ2n) is 4.65. The fourth-order valence-corrected chi connectivity index (χ4v) is 2.39. The van der Waals surface area contributed by atoms with Gasteiger partial charge in [-0.05, 0) is 34.1 Å². The first-order valence-electron chi connectivity index (χ1n) is 4.15. The van der Waals surface area contributed by atoms with Crippen LogP contribution >= 0.6 is 0 Å². The molecule has 15 heavy (non-hydrogen) atoms. The molecular weight excluding hydrogens is 244 g/mol. The highest BCUT2D eigenvalue weighted by atomic mass is 32.2. The topological polar surface area (TPSA) is 109 Å². The molecule has 0 aromatic heterocycles. The van der Waals surface area contributed by atoms with Crippen LogP contribution < -0.4 is 0 Å². The molecule has 0 amide bonds. The fourth-order valence-electron chi connectivity index (χ4n) is 1.21. The van der Waals surface area contributed by atoms with Crippen molar-refractivity contribution in [3.05, 3.63) is 0 Å². The lowest BCUT2D eigenvalue weighted by atomic mass is 9.99. The molecule has 2 N–H and O–H groups in total. The molecule has 0 aromatic carbocycles. The van der Waals surface area contributed by atoms with Gasteiger partial charge in [-0.15, -0.1) is 0 Å². The summed E-state index contributed by atoms with van der Waals surface area (Å²) >= 11 is 0. The van der Waals surface area contributed by atoms with Crippen molar-refractivity contribution in [3.8, 4) is 0 Å². The number of hydrogen-bond donors (Lipinski definition) is 2. The first-order chi connectivity index (χ1) is 6.21. The molecule has 0 unspecified atom stereocenters. The van der Waals surface area contributed by atoms with Crippen LogP contribution in [0.15, 0.2) is 0 Å². The number of rotatable bonds is 4. The van der Waals surface area contributed by atoms with Crippen molar-refractivity contribution in [2.24, 2.45) is 0 Å². The van der Waals surface area contributed by atoms with Crippen molar-refractivity contribution in [1.82, 2.24) is 0 Å². The van der Waals surface area contributed by atoms with E-state index < -0.39 is 36.2 Å². The van der Waals surface area contributed by atoms with Crippen LogP contribution in [0.25, 0.3) is 0 Å². The first kappa shape index (κ1) is 14.8. The molecule has 92 valence electrons. The maximum atomic E-state index is 10.9. The Hall–Kier alpha value is -0.180. The Labute approximate surface area is 90.2 Å². The van der Waals surface area contributed by atoms with Gasteiger partial charge in [-0.3, -0.25) is 9.11 Å². The molecule has 0 spiro atoms. The quantitative estimate of drug-likeness (QED) is 0.720. The molecule has 0 rings (SSSR count). The van der Waals surface area contributed by atoms with Crippen molar-refractivity contribution in [2.75, 3.05) is 0 Å². The van der Waals surface area contributed by atoms with Gasteiger partial charge in [0.05, 0.1) is 9.49 Å². The smallest absolute Gasteiger partial charge is 0.270 e. The van der Waals surface area contributed by atoms with Crippen LogP contribution in [0.4, 0.5) is 0 Å². The summed E-state index contributed by atoms with van der Waals surface area (Å²) in [5.74, 6) is 0. The predicted octanol–water partition coefficient (Wildman–Crippen LogP) is 0.709. The molecule has 6 nitrogen and oxygen atoms in total. The Morgan fingerprint density at radius 1 is 0.800 bits per heavy atom. The SMILES string of the molecule is CC(C)(CC(C)(C)S(=O)(=O)O)S(=O)(=O)O. The van der Waals surface area contributed by atoms with Crippen molar-refractivity contribution in [2.45, 2.75) is 43.6 Å². The third-order valence-electron chi connectivity index (χ3n) is 2.25. The van der Waals surface area contributed by atoms with E-state index in [9.17, 15) is 16.8 Å². The van der Waals surface area contributed by atoms with E-state index in [2.05, 4.69) is 0 Å². The summed E-state index contributed by atoms with van der Waals surface area (Å²) in [7, 11) is -8.74. The van der Waals surface area contributed by atoms with E-state index >= 15 is 0 Å². The zero-order chi connectivity index (χ0) is 12.7. The van der Waals surface area contributed by atoms with Crippen LogP contribution in [0.2, 0.25) is 0 Å². The zero-order valence-electron chi connectivity index (χ0n) is 9.05. The maximum absolute atomic E-state index is 10.9. The fraction of sp³-hybridized carbons (Fsp3) is 1.00. The van der Waals surface area contributed by atoms with Crippen molar-refractivity contribution < 1.29 is 25.9 Å². The van der Waals surface area contributed by atoms with Crippen LogP contribution in [0, 0.1) is 0 Å². The van der Waals surface area contributed by atoms with E-state index in [1.165, 1.54) is 27.7 Å². The molecule has 0 saturated heterocycles. The molecule has 0 radical (unpaired) electrons. The van der Waals surface area contributed by atoms with E-state index in [0.717, 1.165) is 0 Å². The van der Waals surface area contributed by atoms with Crippen LogP contribution in [0.3, 0.4) is 0 Å². The third-order valence-corrected chi connectivity index (χ3v) is 5.33. The normalized spacial score (nSPS) is 15.3. The molecule has 0 bridgehead atoms. The second-order valence-corrected chi connectivity index (χ2v) is 8.76. The lowest BCUT2D eigenvalue weighted by Gasteiger charge is -2.30. The van der Waals surface area contributed by atoms with Gasteiger partial charge in [0.25, 0.3) is 20.2 Å². The van der Waals surface area contributed by atoms with E-state index in [-0.39, 0.29) is 0 Å². The Morgan fingerprint density at radius 3 is 1.13 bits per heavy atom. The molecule has 0 aliphatic heterocycles. The second kappa shape index (κ2) is 3.69. The summed E-state index contributed by atoms with van der Waals surface area (Å²) in [6, 6.07) is 0. The van der Waals surface area contributed by atoms with E-state index in [4.69, 9.17) is 9.11 Å². The average Bonchev–Trinajstić information content (AvgIpc) is 1.77. The highest BCUT2D eigenvalue weighted by Gasteiger charge is 2.44. The van der Waals surface area contributed by atoms with Crippen LogP contribution in [-0.4, -0.2) is 35.4 Å². The zero-order valence-corrected chi connectivity index (χ0v) is 10.7. The molecule has 8 heteroatoms. The van der Waals surface area contributed by atoms with E-state index in [1.807, 2.05) is 0 Å². The predicted molar refractivity (Wildman–Crippen MR) is 55.9 cm³/mol. The van der Waals surface area contributed by atoms with Crippen LogP contribution in [0.1, 0.15) is 34.1 Å². The summed E-state index contributed by atoms with van der Waals surface area (Å²) in [6.45, 7) is 4.76. The third kappa shape index (κ3) is 3.40. The summed E-state index contributed by atoms with van der Waals surface area (Å²) in [5, 5.41) is 0. The molecule has 0 saturated carbocycles. The average molecular weight is 260 g/mol. The Morgan fingerprint density at radius 2 is 1.00 bits per heavy atom. The van der Waals surface area contributed by atoms with Crippen molar-refractivity contribution >= 4 is 20.2 Å². The van der Waals surface area contributed by atoms with Gasteiger partial charge in [-0.25, -0.2) is 0 Å². The Balaban J connectivity index is 5.25. The molecule has 0 aliphatic carbocycles. The highest BCUT2D eigenvalue weighted by Crippen LogP contribution is 2.31. The molecule has 0 heterocycles. The van der Waals surface area contributed by atoms with Gasteiger partial charge in [0, 0.05) is 0 Å². The summed E-state index contributed by atoms with van der Waals surface area (Å²) in [4.78, 5) is 0. The summed E-state index contributed by atoms with van der Waals surface area (Å²) < 4.78 is 58.2. The largest absolute Gasteiger partial charge is 0.285 e. The minimum atomic E-state index is -4.37. The maximum Gasteiger partial charge on any atom is 0.270 e.